The summed E-state index contributed by atoms with van der Waals surface area (Å²) in [5.74, 6) is 7.29. The molecule has 2 aromatic rings. The standard InChI is InChI=1S/C14H18N2O2/c1-3-17-12-7-5-4-6-11(12)13(16-15)14-10(2)8-9-18-14/h4-9,13,16H,3,15H2,1-2H3. The van der Waals surface area contributed by atoms with Crippen molar-refractivity contribution in [2.24, 2.45) is 5.84 Å². The lowest BCUT2D eigenvalue weighted by atomic mass is 10.0. The van der Waals surface area contributed by atoms with Crippen LogP contribution < -0.4 is 16.0 Å². The number of nitrogens with two attached hydrogens (primary N) is 1. The maximum atomic E-state index is 5.66. The number of hydrazine groups is 1. The number of aryl methyl sites for hydroxylation is 1. The van der Waals surface area contributed by atoms with E-state index in [-0.39, 0.29) is 6.04 Å². The molecule has 0 radical (unpaired) electrons. The molecule has 4 heteroatoms. The van der Waals surface area contributed by atoms with E-state index in [9.17, 15) is 0 Å². The van der Waals surface area contributed by atoms with Crippen LogP contribution in [0.3, 0.4) is 0 Å². The molecule has 1 heterocycles. The van der Waals surface area contributed by atoms with Gasteiger partial charge in [0, 0.05) is 5.56 Å². The van der Waals surface area contributed by atoms with E-state index < -0.39 is 0 Å². The molecule has 1 atom stereocenters. The average Bonchev–Trinajstić information content (AvgIpc) is 2.79. The Morgan fingerprint density at radius 1 is 1.33 bits per heavy atom. The third kappa shape index (κ3) is 2.39. The Morgan fingerprint density at radius 2 is 2.11 bits per heavy atom. The topological polar surface area (TPSA) is 60.4 Å². The molecule has 0 spiro atoms. The molecule has 0 bridgehead atoms. The Hall–Kier alpha value is -1.78. The molecule has 1 aromatic heterocycles. The van der Waals surface area contributed by atoms with E-state index in [2.05, 4.69) is 5.43 Å². The molecule has 2 rings (SSSR count). The van der Waals surface area contributed by atoms with Crippen LogP contribution in [-0.4, -0.2) is 6.61 Å². The van der Waals surface area contributed by atoms with Gasteiger partial charge in [-0.25, -0.2) is 5.43 Å². The molecule has 96 valence electrons. The number of para-hydroxylation sites is 1. The van der Waals surface area contributed by atoms with Crippen molar-refractivity contribution in [3.05, 3.63) is 53.5 Å². The van der Waals surface area contributed by atoms with Crippen LogP contribution in [0.25, 0.3) is 0 Å². The van der Waals surface area contributed by atoms with E-state index in [0.717, 1.165) is 22.6 Å². The van der Waals surface area contributed by atoms with Crippen molar-refractivity contribution in [1.29, 1.82) is 0 Å². The van der Waals surface area contributed by atoms with E-state index in [4.69, 9.17) is 15.0 Å². The fraction of sp³-hybridized carbons (Fsp3) is 0.286. The number of hydrogen-bond acceptors (Lipinski definition) is 4. The molecule has 1 unspecified atom stereocenters. The zero-order valence-electron chi connectivity index (χ0n) is 10.6. The van der Waals surface area contributed by atoms with E-state index >= 15 is 0 Å². The summed E-state index contributed by atoms with van der Waals surface area (Å²) in [6, 6.07) is 9.53. The van der Waals surface area contributed by atoms with E-state index in [1.54, 1.807) is 6.26 Å². The van der Waals surface area contributed by atoms with Crippen molar-refractivity contribution in [1.82, 2.24) is 5.43 Å². The highest BCUT2D eigenvalue weighted by molar-refractivity contribution is 5.40. The largest absolute Gasteiger partial charge is 0.494 e. The molecule has 0 saturated carbocycles. The first-order chi connectivity index (χ1) is 8.77. The number of ether oxygens (including phenoxy) is 1. The van der Waals surface area contributed by atoms with Crippen LogP contribution in [0.5, 0.6) is 5.75 Å². The van der Waals surface area contributed by atoms with Gasteiger partial charge in [-0.05, 0) is 31.5 Å². The van der Waals surface area contributed by atoms with Crippen molar-refractivity contribution >= 4 is 0 Å². The van der Waals surface area contributed by atoms with Crippen molar-refractivity contribution in [2.75, 3.05) is 6.61 Å². The molecule has 0 saturated heterocycles. The van der Waals surface area contributed by atoms with Crippen LogP contribution in [0.15, 0.2) is 41.0 Å². The Morgan fingerprint density at radius 3 is 2.72 bits per heavy atom. The molecule has 4 nitrogen and oxygen atoms in total. The molecule has 0 aliphatic heterocycles. The number of rotatable bonds is 5. The Labute approximate surface area is 107 Å². The maximum Gasteiger partial charge on any atom is 0.129 e. The average molecular weight is 246 g/mol. The summed E-state index contributed by atoms with van der Waals surface area (Å²) in [6.45, 7) is 4.57. The molecule has 0 aliphatic carbocycles. The monoisotopic (exact) mass is 246 g/mol. The molecule has 0 fully saturated rings. The molecule has 18 heavy (non-hydrogen) atoms. The van der Waals surface area contributed by atoms with Gasteiger partial charge >= 0.3 is 0 Å². The smallest absolute Gasteiger partial charge is 0.129 e. The second kappa shape index (κ2) is 5.71. The van der Waals surface area contributed by atoms with E-state index in [1.165, 1.54) is 0 Å². The molecule has 1 aromatic carbocycles. The summed E-state index contributed by atoms with van der Waals surface area (Å²) in [5.41, 5.74) is 4.82. The minimum atomic E-state index is -0.206. The van der Waals surface area contributed by atoms with Gasteiger partial charge in [-0.3, -0.25) is 5.84 Å². The second-order valence-corrected chi connectivity index (χ2v) is 4.04. The first-order valence-corrected chi connectivity index (χ1v) is 5.99. The number of furan rings is 1. The minimum absolute atomic E-state index is 0.206. The lowest BCUT2D eigenvalue weighted by Gasteiger charge is -2.18. The van der Waals surface area contributed by atoms with Crippen LogP contribution >= 0.6 is 0 Å². The van der Waals surface area contributed by atoms with Crippen LogP contribution in [0.1, 0.15) is 29.9 Å². The van der Waals surface area contributed by atoms with Crippen LogP contribution in [0, 0.1) is 6.92 Å². The highest BCUT2D eigenvalue weighted by Gasteiger charge is 2.21. The third-order valence-electron chi connectivity index (χ3n) is 2.86. The first-order valence-electron chi connectivity index (χ1n) is 5.99. The number of nitrogens with one attached hydrogen (secondary N) is 1. The maximum absolute atomic E-state index is 5.66. The summed E-state index contributed by atoms with van der Waals surface area (Å²) in [5, 5.41) is 0. The fourth-order valence-corrected chi connectivity index (χ4v) is 1.99. The zero-order chi connectivity index (χ0) is 13.0. The van der Waals surface area contributed by atoms with Crippen molar-refractivity contribution < 1.29 is 9.15 Å². The third-order valence-corrected chi connectivity index (χ3v) is 2.86. The van der Waals surface area contributed by atoms with Crippen LogP contribution in [0.2, 0.25) is 0 Å². The summed E-state index contributed by atoms with van der Waals surface area (Å²) >= 11 is 0. The van der Waals surface area contributed by atoms with Gasteiger partial charge in [-0.1, -0.05) is 18.2 Å². The summed E-state index contributed by atoms with van der Waals surface area (Å²) < 4.78 is 11.1. The quantitative estimate of drug-likeness (QED) is 0.628. The first kappa shape index (κ1) is 12.7. The van der Waals surface area contributed by atoms with Gasteiger partial charge in [0.15, 0.2) is 0 Å². The van der Waals surface area contributed by atoms with Gasteiger partial charge in [0.1, 0.15) is 17.6 Å². The SMILES string of the molecule is CCOc1ccccc1C(NN)c1occc1C. The van der Waals surface area contributed by atoms with Crippen molar-refractivity contribution in [3.8, 4) is 5.75 Å². The zero-order valence-corrected chi connectivity index (χ0v) is 10.6. The Balaban J connectivity index is 2.42. The highest BCUT2D eigenvalue weighted by atomic mass is 16.5. The summed E-state index contributed by atoms with van der Waals surface area (Å²) in [4.78, 5) is 0. The van der Waals surface area contributed by atoms with E-state index in [0.29, 0.717) is 6.61 Å². The number of hydrogen-bond donors (Lipinski definition) is 2. The molecule has 0 amide bonds. The van der Waals surface area contributed by atoms with Crippen LogP contribution in [0.4, 0.5) is 0 Å². The van der Waals surface area contributed by atoms with Crippen molar-refractivity contribution in [2.45, 2.75) is 19.9 Å². The predicted molar refractivity (Wildman–Crippen MR) is 70.2 cm³/mol. The van der Waals surface area contributed by atoms with Crippen molar-refractivity contribution in [3.63, 3.8) is 0 Å². The van der Waals surface area contributed by atoms with Gasteiger partial charge < -0.3 is 9.15 Å². The van der Waals surface area contributed by atoms with Gasteiger partial charge in [-0.15, -0.1) is 0 Å². The van der Waals surface area contributed by atoms with E-state index in [1.807, 2.05) is 44.2 Å². The lowest BCUT2D eigenvalue weighted by Crippen LogP contribution is -2.29. The number of benzene rings is 1. The molecular formula is C14H18N2O2. The minimum Gasteiger partial charge on any atom is -0.494 e. The van der Waals surface area contributed by atoms with Gasteiger partial charge in [0.2, 0.25) is 0 Å². The molecule has 3 N–H and O–H groups in total. The highest BCUT2D eigenvalue weighted by Crippen LogP contribution is 2.31. The predicted octanol–water partition coefficient (Wildman–Crippen LogP) is 2.54. The fourth-order valence-electron chi connectivity index (χ4n) is 1.99. The molecular weight excluding hydrogens is 228 g/mol. The summed E-state index contributed by atoms with van der Waals surface area (Å²) in [7, 11) is 0. The normalized spacial score (nSPS) is 12.4. The van der Waals surface area contributed by atoms with Crippen LogP contribution in [-0.2, 0) is 0 Å². The Kier molecular flexibility index (Phi) is 4.02. The van der Waals surface area contributed by atoms with Gasteiger partial charge in [0.25, 0.3) is 0 Å². The van der Waals surface area contributed by atoms with Gasteiger partial charge in [0.05, 0.1) is 12.9 Å². The lowest BCUT2D eigenvalue weighted by molar-refractivity contribution is 0.330. The van der Waals surface area contributed by atoms with Gasteiger partial charge in [-0.2, -0.15) is 0 Å². The summed E-state index contributed by atoms with van der Waals surface area (Å²) in [6.07, 6.45) is 1.66. The molecule has 0 aliphatic rings. The Bertz CT molecular complexity index is 508. The second-order valence-electron chi connectivity index (χ2n) is 4.04.